The van der Waals surface area contributed by atoms with Crippen LogP contribution in [0.25, 0.3) is 0 Å². The highest BCUT2D eigenvalue weighted by atomic mass is 32.2. The Bertz CT molecular complexity index is 720. The predicted molar refractivity (Wildman–Crippen MR) is 100 cm³/mol. The lowest BCUT2D eigenvalue weighted by Gasteiger charge is -2.29. The Morgan fingerprint density at radius 1 is 1.15 bits per heavy atom. The van der Waals surface area contributed by atoms with Crippen molar-refractivity contribution in [2.75, 3.05) is 26.5 Å². The summed E-state index contributed by atoms with van der Waals surface area (Å²) in [6.45, 7) is 2.12. The number of hydrogen-bond acceptors (Lipinski definition) is 5. The standard InChI is InChI=1S/C18H28N2O5S/c1-13-6-4-5-7-15(13)20-26(22,23)11-10-19-18(21)14-8-9-16(24-2)17(12-14)25-3/h8-9,12-13,15,20H,4-7,10-11H2,1-3H3,(H,19,21)/t13-,15+/m0/s1. The molecule has 0 saturated heterocycles. The largest absolute Gasteiger partial charge is 0.493 e. The zero-order valence-corrected chi connectivity index (χ0v) is 16.4. The van der Waals surface area contributed by atoms with Crippen LogP contribution in [0.1, 0.15) is 43.0 Å². The van der Waals surface area contributed by atoms with E-state index < -0.39 is 10.0 Å². The van der Waals surface area contributed by atoms with Gasteiger partial charge in [-0.3, -0.25) is 4.79 Å². The maximum atomic E-state index is 12.2. The summed E-state index contributed by atoms with van der Waals surface area (Å²) in [7, 11) is -0.418. The highest BCUT2D eigenvalue weighted by Crippen LogP contribution is 2.27. The molecule has 0 aromatic heterocycles. The number of nitrogens with one attached hydrogen (secondary N) is 2. The molecule has 1 aliphatic rings. The molecule has 1 fully saturated rings. The molecule has 0 radical (unpaired) electrons. The van der Waals surface area contributed by atoms with Crippen molar-refractivity contribution in [2.45, 2.75) is 38.6 Å². The molecule has 0 aliphatic heterocycles. The van der Waals surface area contributed by atoms with E-state index in [2.05, 4.69) is 17.0 Å². The lowest BCUT2D eigenvalue weighted by atomic mass is 9.87. The van der Waals surface area contributed by atoms with Crippen molar-refractivity contribution in [3.8, 4) is 11.5 Å². The van der Waals surface area contributed by atoms with E-state index in [0.29, 0.717) is 23.0 Å². The van der Waals surface area contributed by atoms with Crippen LogP contribution in [0, 0.1) is 5.92 Å². The van der Waals surface area contributed by atoms with Gasteiger partial charge < -0.3 is 14.8 Å². The topological polar surface area (TPSA) is 93.7 Å². The summed E-state index contributed by atoms with van der Waals surface area (Å²) in [4.78, 5) is 12.2. The average molecular weight is 384 g/mol. The van der Waals surface area contributed by atoms with Crippen LogP contribution >= 0.6 is 0 Å². The summed E-state index contributed by atoms with van der Waals surface area (Å²) in [5.41, 5.74) is 0.383. The molecule has 8 heteroatoms. The predicted octanol–water partition coefficient (Wildman–Crippen LogP) is 1.93. The third kappa shape index (κ3) is 5.60. The van der Waals surface area contributed by atoms with Gasteiger partial charge in [-0.2, -0.15) is 0 Å². The molecule has 0 unspecified atom stereocenters. The number of ether oxygens (including phenoxy) is 2. The summed E-state index contributed by atoms with van der Waals surface area (Å²) < 4.78 is 37.6. The molecule has 1 aromatic rings. The van der Waals surface area contributed by atoms with Crippen LogP contribution in [-0.4, -0.2) is 46.9 Å². The summed E-state index contributed by atoms with van der Waals surface area (Å²) in [6, 6.07) is 4.80. The first-order valence-electron chi connectivity index (χ1n) is 8.86. The number of hydrogen-bond donors (Lipinski definition) is 2. The van der Waals surface area contributed by atoms with Gasteiger partial charge in [0.05, 0.1) is 20.0 Å². The van der Waals surface area contributed by atoms with E-state index in [9.17, 15) is 13.2 Å². The zero-order valence-electron chi connectivity index (χ0n) is 15.6. The summed E-state index contributed by atoms with van der Waals surface area (Å²) >= 11 is 0. The minimum Gasteiger partial charge on any atom is -0.493 e. The highest BCUT2D eigenvalue weighted by Gasteiger charge is 2.25. The number of rotatable bonds is 8. The molecule has 1 aliphatic carbocycles. The first-order valence-corrected chi connectivity index (χ1v) is 10.5. The number of benzene rings is 1. The van der Waals surface area contributed by atoms with Crippen molar-refractivity contribution >= 4 is 15.9 Å². The van der Waals surface area contributed by atoms with Crippen molar-refractivity contribution in [1.82, 2.24) is 10.0 Å². The molecule has 1 saturated carbocycles. The summed E-state index contributed by atoms with van der Waals surface area (Å²) in [5, 5.41) is 2.64. The maximum absolute atomic E-state index is 12.2. The van der Waals surface area contributed by atoms with Crippen LogP contribution in [0.15, 0.2) is 18.2 Å². The fourth-order valence-corrected chi connectivity index (χ4v) is 4.46. The smallest absolute Gasteiger partial charge is 0.251 e. The van der Waals surface area contributed by atoms with Gasteiger partial charge in [0.25, 0.3) is 5.91 Å². The molecule has 146 valence electrons. The minimum absolute atomic E-state index is 0.00435. The first-order chi connectivity index (χ1) is 12.4. The van der Waals surface area contributed by atoms with E-state index in [4.69, 9.17) is 9.47 Å². The summed E-state index contributed by atoms with van der Waals surface area (Å²) in [5.74, 6) is 0.820. The zero-order chi connectivity index (χ0) is 19.2. The Kier molecular flexibility index (Phi) is 7.28. The van der Waals surface area contributed by atoms with Crippen molar-refractivity contribution in [1.29, 1.82) is 0 Å². The van der Waals surface area contributed by atoms with Crippen LogP contribution < -0.4 is 19.5 Å². The van der Waals surface area contributed by atoms with Gasteiger partial charge in [-0.1, -0.05) is 19.8 Å². The van der Waals surface area contributed by atoms with E-state index in [0.717, 1.165) is 25.7 Å². The molecule has 2 N–H and O–H groups in total. The molecule has 0 bridgehead atoms. The summed E-state index contributed by atoms with van der Waals surface area (Å²) in [6.07, 6.45) is 4.12. The molecule has 26 heavy (non-hydrogen) atoms. The van der Waals surface area contributed by atoms with Gasteiger partial charge in [0.15, 0.2) is 11.5 Å². The Morgan fingerprint density at radius 2 is 1.85 bits per heavy atom. The molecular weight excluding hydrogens is 356 g/mol. The average Bonchev–Trinajstić information content (AvgIpc) is 2.62. The monoisotopic (exact) mass is 384 g/mol. The van der Waals surface area contributed by atoms with Gasteiger partial charge in [0.1, 0.15) is 0 Å². The van der Waals surface area contributed by atoms with Gasteiger partial charge in [-0.15, -0.1) is 0 Å². The maximum Gasteiger partial charge on any atom is 0.251 e. The van der Waals surface area contributed by atoms with E-state index in [1.165, 1.54) is 14.2 Å². The van der Waals surface area contributed by atoms with Crippen LogP contribution in [0.4, 0.5) is 0 Å². The quantitative estimate of drug-likeness (QED) is 0.714. The van der Waals surface area contributed by atoms with Crippen LogP contribution in [-0.2, 0) is 10.0 Å². The van der Waals surface area contributed by atoms with Gasteiger partial charge in [-0.05, 0) is 37.0 Å². The Hall–Kier alpha value is -1.80. The normalized spacial score (nSPS) is 20.4. The molecule has 2 rings (SSSR count). The highest BCUT2D eigenvalue weighted by molar-refractivity contribution is 7.89. The Balaban J connectivity index is 1.87. The van der Waals surface area contributed by atoms with Crippen LogP contribution in [0.5, 0.6) is 11.5 Å². The second kappa shape index (κ2) is 9.23. The molecule has 0 heterocycles. The Morgan fingerprint density at radius 3 is 2.50 bits per heavy atom. The fraction of sp³-hybridized carbons (Fsp3) is 0.611. The van der Waals surface area contributed by atoms with Crippen LogP contribution in [0.2, 0.25) is 0 Å². The Labute approximate surface area is 155 Å². The van der Waals surface area contributed by atoms with Crippen molar-refractivity contribution in [3.05, 3.63) is 23.8 Å². The third-order valence-corrected chi connectivity index (χ3v) is 6.15. The fourth-order valence-electron chi connectivity index (χ4n) is 3.16. The van der Waals surface area contributed by atoms with Gasteiger partial charge >= 0.3 is 0 Å². The van der Waals surface area contributed by atoms with Gasteiger partial charge in [-0.25, -0.2) is 13.1 Å². The van der Waals surface area contributed by atoms with Crippen molar-refractivity contribution in [2.24, 2.45) is 5.92 Å². The number of carbonyl (C=O) groups excluding carboxylic acids is 1. The van der Waals surface area contributed by atoms with Crippen LogP contribution in [0.3, 0.4) is 0 Å². The number of amides is 1. The van der Waals surface area contributed by atoms with Gasteiger partial charge in [0, 0.05) is 18.2 Å². The number of sulfonamides is 1. The van der Waals surface area contributed by atoms with E-state index in [1.807, 2.05) is 0 Å². The lowest BCUT2D eigenvalue weighted by molar-refractivity contribution is 0.0955. The number of carbonyl (C=O) groups is 1. The molecule has 2 atom stereocenters. The molecule has 7 nitrogen and oxygen atoms in total. The van der Waals surface area contributed by atoms with E-state index in [1.54, 1.807) is 18.2 Å². The molecule has 1 aromatic carbocycles. The molecular formula is C18H28N2O5S. The van der Waals surface area contributed by atoms with Crippen molar-refractivity contribution in [3.63, 3.8) is 0 Å². The lowest BCUT2D eigenvalue weighted by Crippen LogP contribution is -2.43. The minimum atomic E-state index is -3.42. The van der Waals surface area contributed by atoms with Crippen molar-refractivity contribution < 1.29 is 22.7 Å². The first kappa shape index (κ1) is 20.5. The second-order valence-electron chi connectivity index (χ2n) is 6.63. The second-order valence-corrected chi connectivity index (χ2v) is 8.50. The van der Waals surface area contributed by atoms with E-state index >= 15 is 0 Å². The molecule has 0 spiro atoms. The number of methoxy groups -OCH3 is 2. The molecule has 1 amide bonds. The SMILES string of the molecule is COc1ccc(C(=O)NCCS(=O)(=O)N[C@@H]2CCCC[C@@H]2C)cc1OC. The third-order valence-electron chi connectivity index (χ3n) is 4.74. The van der Waals surface area contributed by atoms with E-state index in [-0.39, 0.29) is 24.2 Å². The van der Waals surface area contributed by atoms with Gasteiger partial charge in [0.2, 0.25) is 10.0 Å².